The predicted molar refractivity (Wildman–Crippen MR) is 209 cm³/mol. The van der Waals surface area contributed by atoms with Gasteiger partial charge in [0.05, 0.1) is 6.61 Å². The molecule has 4 rings (SSSR count). The van der Waals surface area contributed by atoms with Crippen LogP contribution < -0.4 is 5.32 Å². The first-order chi connectivity index (χ1) is 23.4. The molecule has 0 aromatic heterocycles. The first kappa shape index (κ1) is 45.6. The van der Waals surface area contributed by atoms with Gasteiger partial charge in [-0.15, -0.1) is 0 Å². The number of carboxylic acids is 1. The summed E-state index contributed by atoms with van der Waals surface area (Å²) in [6.45, 7) is 23.9. The van der Waals surface area contributed by atoms with Crippen LogP contribution >= 0.6 is 11.8 Å². The molecule has 3 atom stereocenters. The SMILES string of the molecule is CC.CC.CC.CC.CSCCC(NC(=O)c1ccc(CN2CC(C)CC2COCC2CCCCC2)cc1-c1ccccc1C)C(=O)O. The van der Waals surface area contributed by atoms with Crippen molar-refractivity contribution in [2.75, 3.05) is 31.8 Å². The summed E-state index contributed by atoms with van der Waals surface area (Å²) >= 11 is 1.57. The lowest BCUT2D eigenvalue weighted by molar-refractivity contribution is -0.139. The molecule has 2 fully saturated rings. The fourth-order valence-corrected chi connectivity index (χ4v) is 6.75. The van der Waals surface area contributed by atoms with Crippen molar-refractivity contribution in [2.45, 2.75) is 133 Å². The van der Waals surface area contributed by atoms with Crippen LogP contribution in [0, 0.1) is 18.8 Å². The van der Waals surface area contributed by atoms with Gasteiger partial charge in [0.2, 0.25) is 0 Å². The first-order valence-corrected chi connectivity index (χ1v) is 20.3. The molecular weight excluding hydrogens is 617 g/mol. The summed E-state index contributed by atoms with van der Waals surface area (Å²) < 4.78 is 6.27. The number of aryl methyl sites for hydroxylation is 1. The van der Waals surface area contributed by atoms with Gasteiger partial charge in [0, 0.05) is 31.3 Å². The lowest BCUT2D eigenvalue weighted by Crippen LogP contribution is -2.41. The quantitative estimate of drug-likeness (QED) is 0.218. The van der Waals surface area contributed by atoms with E-state index in [4.69, 9.17) is 4.74 Å². The summed E-state index contributed by atoms with van der Waals surface area (Å²) in [5.41, 5.74) is 4.58. The van der Waals surface area contributed by atoms with Crippen molar-refractivity contribution in [1.82, 2.24) is 10.2 Å². The molecule has 0 bridgehead atoms. The van der Waals surface area contributed by atoms with Crippen molar-refractivity contribution in [3.8, 4) is 11.1 Å². The minimum Gasteiger partial charge on any atom is -0.480 e. The standard InChI is InChI=1S/C33H46N2O4S.4C2H6/c1-23-17-27(22-39-21-25-10-5-4-6-11-25)35(19-23)20-26-13-14-29(30(18-26)28-12-8-7-9-24(28)2)32(36)34-31(33(37)38)15-16-40-3;4*1-2/h7-9,12-14,18,23,25,27,31H,4-6,10-11,15-17,19-22H2,1-3H3,(H,34,36)(H,37,38);4*1-2H3. The fourth-order valence-electron chi connectivity index (χ4n) is 6.28. The zero-order valence-electron chi connectivity index (χ0n) is 32.4. The van der Waals surface area contributed by atoms with Crippen LogP contribution in [0.2, 0.25) is 0 Å². The third-order valence-electron chi connectivity index (χ3n) is 8.49. The predicted octanol–water partition coefficient (Wildman–Crippen LogP) is 10.5. The molecule has 2 aromatic rings. The smallest absolute Gasteiger partial charge is 0.326 e. The molecule has 1 aliphatic heterocycles. The number of ether oxygens (including phenoxy) is 1. The maximum atomic E-state index is 13.4. The number of hydrogen-bond donors (Lipinski definition) is 2. The number of carboxylic acid groups (broad SMARTS) is 1. The molecule has 2 aromatic carbocycles. The number of rotatable bonds is 13. The van der Waals surface area contributed by atoms with Crippen LogP contribution in [0.4, 0.5) is 0 Å². The Hall–Kier alpha value is -2.35. The molecule has 3 unspecified atom stereocenters. The van der Waals surface area contributed by atoms with Gasteiger partial charge >= 0.3 is 5.97 Å². The maximum Gasteiger partial charge on any atom is 0.326 e. The highest BCUT2D eigenvalue weighted by molar-refractivity contribution is 7.98. The van der Waals surface area contributed by atoms with Gasteiger partial charge in [-0.05, 0) is 90.8 Å². The van der Waals surface area contributed by atoms with E-state index < -0.39 is 12.0 Å². The summed E-state index contributed by atoms with van der Waals surface area (Å²) in [5.74, 6) is 0.662. The first-order valence-electron chi connectivity index (χ1n) is 18.9. The van der Waals surface area contributed by atoms with Crippen molar-refractivity contribution < 1.29 is 19.4 Å². The number of likely N-dealkylation sites (tertiary alicyclic amines) is 1. The second-order valence-corrected chi connectivity index (χ2v) is 12.8. The topological polar surface area (TPSA) is 78.9 Å². The van der Waals surface area contributed by atoms with E-state index in [1.54, 1.807) is 11.8 Å². The van der Waals surface area contributed by atoms with Gasteiger partial charge in [0.15, 0.2) is 0 Å². The summed E-state index contributed by atoms with van der Waals surface area (Å²) in [4.78, 5) is 27.8. The monoisotopic (exact) mass is 687 g/mol. The van der Waals surface area contributed by atoms with E-state index in [1.165, 1.54) is 32.1 Å². The van der Waals surface area contributed by atoms with Crippen molar-refractivity contribution in [3.05, 3.63) is 59.2 Å². The van der Waals surface area contributed by atoms with Crippen molar-refractivity contribution in [3.63, 3.8) is 0 Å². The van der Waals surface area contributed by atoms with E-state index in [9.17, 15) is 14.7 Å². The van der Waals surface area contributed by atoms with Crippen molar-refractivity contribution in [1.29, 1.82) is 0 Å². The number of carbonyl (C=O) groups is 2. The number of amides is 1. The summed E-state index contributed by atoms with van der Waals surface area (Å²) in [6.07, 6.45) is 10.1. The molecule has 0 radical (unpaired) electrons. The lowest BCUT2D eigenvalue weighted by atomic mass is 9.90. The van der Waals surface area contributed by atoms with Crippen molar-refractivity contribution >= 4 is 23.6 Å². The average molecular weight is 687 g/mol. The highest BCUT2D eigenvalue weighted by Gasteiger charge is 2.30. The molecule has 274 valence electrons. The third-order valence-corrected chi connectivity index (χ3v) is 9.13. The molecule has 48 heavy (non-hydrogen) atoms. The number of benzene rings is 2. The van der Waals surface area contributed by atoms with Crippen LogP contribution in [-0.4, -0.2) is 65.7 Å². The molecule has 1 saturated carbocycles. The van der Waals surface area contributed by atoms with E-state index in [-0.39, 0.29) is 5.91 Å². The lowest BCUT2D eigenvalue weighted by Gasteiger charge is -2.27. The largest absolute Gasteiger partial charge is 0.480 e. The van der Waals surface area contributed by atoms with E-state index in [0.717, 1.165) is 60.9 Å². The van der Waals surface area contributed by atoms with Crippen LogP contribution in [0.5, 0.6) is 0 Å². The Balaban J connectivity index is 0.00000257. The zero-order chi connectivity index (χ0) is 36.5. The highest BCUT2D eigenvalue weighted by atomic mass is 32.2. The van der Waals surface area contributed by atoms with Gasteiger partial charge in [0.1, 0.15) is 6.04 Å². The van der Waals surface area contributed by atoms with Gasteiger partial charge < -0.3 is 15.2 Å². The van der Waals surface area contributed by atoms with E-state index in [2.05, 4.69) is 23.2 Å². The second-order valence-electron chi connectivity index (χ2n) is 11.8. The number of hydrogen-bond acceptors (Lipinski definition) is 5. The van der Waals surface area contributed by atoms with E-state index in [0.29, 0.717) is 29.7 Å². The summed E-state index contributed by atoms with van der Waals surface area (Å²) in [5, 5.41) is 12.4. The molecule has 1 saturated heterocycles. The molecule has 2 N–H and O–H groups in total. The van der Waals surface area contributed by atoms with Crippen LogP contribution in [0.1, 0.15) is 129 Å². The van der Waals surface area contributed by atoms with Crippen LogP contribution in [0.25, 0.3) is 11.1 Å². The second kappa shape index (κ2) is 27.5. The van der Waals surface area contributed by atoms with Gasteiger partial charge in [-0.2, -0.15) is 11.8 Å². The van der Waals surface area contributed by atoms with Crippen LogP contribution in [0.15, 0.2) is 42.5 Å². The normalized spacial score (nSPS) is 17.9. The van der Waals surface area contributed by atoms with Crippen LogP contribution in [-0.2, 0) is 16.1 Å². The molecule has 1 amide bonds. The highest BCUT2D eigenvalue weighted by Crippen LogP contribution is 2.31. The van der Waals surface area contributed by atoms with Crippen LogP contribution in [0.3, 0.4) is 0 Å². The maximum absolute atomic E-state index is 13.4. The third kappa shape index (κ3) is 15.5. The number of nitrogens with zero attached hydrogens (tertiary/aromatic N) is 1. The van der Waals surface area contributed by atoms with Gasteiger partial charge in [0.25, 0.3) is 5.91 Å². The number of aliphatic carboxylic acids is 1. The molecule has 2 aliphatic rings. The number of thioether (sulfide) groups is 1. The Morgan fingerprint density at radius 1 is 0.938 bits per heavy atom. The summed E-state index contributed by atoms with van der Waals surface area (Å²) in [7, 11) is 0. The minimum absolute atomic E-state index is 0.345. The fraction of sp³-hybridized carbons (Fsp3) is 0.659. The average Bonchev–Trinajstić information content (AvgIpc) is 3.48. The Kier molecular flexibility index (Phi) is 26.1. The van der Waals surface area contributed by atoms with Gasteiger partial charge in [-0.3, -0.25) is 9.69 Å². The summed E-state index contributed by atoms with van der Waals surface area (Å²) in [6, 6.07) is 13.6. The van der Waals surface area contributed by atoms with Gasteiger partial charge in [-0.25, -0.2) is 4.79 Å². The van der Waals surface area contributed by atoms with E-state index >= 15 is 0 Å². The Morgan fingerprint density at radius 2 is 1.58 bits per heavy atom. The van der Waals surface area contributed by atoms with E-state index in [1.807, 2.05) is 105 Å². The molecule has 7 heteroatoms. The molecular formula is C41H70N2O4S. The molecule has 0 spiro atoms. The molecule has 6 nitrogen and oxygen atoms in total. The Labute approximate surface area is 299 Å². The molecule has 1 aliphatic carbocycles. The zero-order valence-corrected chi connectivity index (χ0v) is 33.2. The van der Waals surface area contributed by atoms with Gasteiger partial charge in [-0.1, -0.05) is 112 Å². The minimum atomic E-state index is -1.00. The van der Waals surface area contributed by atoms with Crippen molar-refractivity contribution in [2.24, 2.45) is 11.8 Å². The number of nitrogens with one attached hydrogen (secondary N) is 1. The number of carbonyl (C=O) groups excluding carboxylic acids is 1. The molecule has 1 heterocycles. The Morgan fingerprint density at radius 3 is 2.19 bits per heavy atom. The Bertz CT molecular complexity index is 1140.